The fraction of sp³-hybridized carbons (Fsp3) is 0.571. The second-order valence-corrected chi connectivity index (χ2v) is 11.5. The number of carbonyl (C=O) groups is 2. The summed E-state index contributed by atoms with van der Waals surface area (Å²) in [6.07, 6.45) is -5.14. The third-order valence-corrected chi connectivity index (χ3v) is 7.58. The van der Waals surface area contributed by atoms with E-state index >= 15 is 0 Å². The number of amides is 2. The Labute approximate surface area is 189 Å². The standard InChI is InChI=1S/C21H24F3N3O5S/c1-19(2,3)32-18(29)27-11-15(10-16(27)17(28)26-20(12-25)7-8-20)33(30,31)14-6-4-5-13(9-14)21(22,23)24/h4-6,9,15-16H,7-8,10-11H2,1-3H3,(H,26,28). The van der Waals surface area contributed by atoms with Gasteiger partial charge in [0.05, 0.1) is 21.8 Å². The zero-order valence-corrected chi connectivity index (χ0v) is 19.1. The number of sulfone groups is 1. The van der Waals surface area contributed by atoms with E-state index in [-0.39, 0.29) is 6.42 Å². The van der Waals surface area contributed by atoms with Gasteiger partial charge in [-0.2, -0.15) is 18.4 Å². The molecule has 2 fully saturated rings. The van der Waals surface area contributed by atoms with Crippen LogP contribution in [0.2, 0.25) is 0 Å². The molecular formula is C21H24F3N3O5S. The number of alkyl halides is 3. The topological polar surface area (TPSA) is 117 Å². The van der Waals surface area contributed by atoms with Crippen LogP contribution < -0.4 is 5.32 Å². The van der Waals surface area contributed by atoms with E-state index in [1.54, 1.807) is 20.8 Å². The van der Waals surface area contributed by atoms with Crippen LogP contribution in [0.3, 0.4) is 0 Å². The average Bonchev–Trinajstić information content (AvgIpc) is 3.31. The van der Waals surface area contributed by atoms with Gasteiger partial charge < -0.3 is 10.1 Å². The molecule has 0 aromatic heterocycles. The Morgan fingerprint density at radius 3 is 2.39 bits per heavy atom. The molecule has 1 aliphatic carbocycles. The molecule has 1 heterocycles. The van der Waals surface area contributed by atoms with Crippen LogP contribution in [0.1, 0.15) is 45.6 Å². The van der Waals surface area contributed by atoms with Crippen LogP contribution >= 0.6 is 0 Å². The van der Waals surface area contributed by atoms with Gasteiger partial charge in [-0.25, -0.2) is 13.2 Å². The van der Waals surface area contributed by atoms with Gasteiger partial charge in [-0.15, -0.1) is 0 Å². The Balaban J connectivity index is 1.91. The molecule has 0 radical (unpaired) electrons. The molecule has 3 rings (SSSR count). The second-order valence-electron chi connectivity index (χ2n) is 9.26. The van der Waals surface area contributed by atoms with Crippen molar-refractivity contribution in [2.45, 2.75) is 73.5 Å². The van der Waals surface area contributed by atoms with Crippen LogP contribution in [0.4, 0.5) is 18.0 Å². The van der Waals surface area contributed by atoms with Crippen LogP contribution in [-0.2, 0) is 25.5 Å². The third-order valence-electron chi connectivity index (χ3n) is 5.45. The Kier molecular flexibility index (Phi) is 6.17. The Hall–Kier alpha value is -2.81. The molecular weight excluding hydrogens is 463 g/mol. The summed E-state index contributed by atoms with van der Waals surface area (Å²) in [5.74, 6) is -0.707. The van der Waals surface area contributed by atoms with Crippen molar-refractivity contribution in [2.75, 3.05) is 6.54 Å². The lowest BCUT2D eigenvalue weighted by Gasteiger charge is -2.28. The molecule has 8 nitrogen and oxygen atoms in total. The molecule has 33 heavy (non-hydrogen) atoms. The molecule has 1 aliphatic heterocycles. The molecule has 0 spiro atoms. The molecule has 1 saturated carbocycles. The molecule has 2 atom stereocenters. The van der Waals surface area contributed by atoms with Crippen molar-refractivity contribution in [3.05, 3.63) is 29.8 Å². The van der Waals surface area contributed by atoms with E-state index in [1.807, 2.05) is 6.07 Å². The number of ether oxygens (including phenoxy) is 1. The first-order chi connectivity index (χ1) is 15.1. The number of hydrogen-bond donors (Lipinski definition) is 1. The number of benzene rings is 1. The lowest BCUT2D eigenvalue weighted by Crippen LogP contribution is -2.50. The molecule has 1 aromatic carbocycles. The number of hydrogen-bond acceptors (Lipinski definition) is 6. The predicted octanol–water partition coefficient (Wildman–Crippen LogP) is 3.03. The number of rotatable bonds is 4. The van der Waals surface area contributed by atoms with E-state index in [0.29, 0.717) is 18.9 Å². The molecule has 0 bridgehead atoms. The summed E-state index contributed by atoms with van der Waals surface area (Å²) >= 11 is 0. The number of nitriles is 1. The van der Waals surface area contributed by atoms with Crippen molar-refractivity contribution in [1.29, 1.82) is 5.26 Å². The molecule has 12 heteroatoms. The van der Waals surface area contributed by atoms with E-state index in [0.717, 1.165) is 23.1 Å². The molecule has 2 aliphatic rings. The molecule has 1 saturated heterocycles. The molecule has 180 valence electrons. The largest absolute Gasteiger partial charge is 0.444 e. The highest BCUT2D eigenvalue weighted by atomic mass is 32.2. The van der Waals surface area contributed by atoms with Gasteiger partial charge in [0.1, 0.15) is 17.2 Å². The lowest BCUT2D eigenvalue weighted by molar-refractivity contribution is -0.137. The normalized spacial score (nSPS) is 22.4. The zero-order valence-electron chi connectivity index (χ0n) is 18.3. The minimum absolute atomic E-state index is 0.342. The van der Waals surface area contributed by atoms with Crippen molar-refractivity contribution < 1.29 is 35.9 Å². The second kappa shape index (κ2) is 8.20. The van der Waals surface area contributed by atoms with Gasteiger partial charge in [0.25, 0.3) is 0 Å². The van der Waals surface area contributed by atoms with Crippen molar-refractivity contribution in [3.8, 4) is 6.07 Å². The van der Waals surface area contributed by atoms with Crippen LogP contribution in [0, 0.1) is 11.3 Å². The number of carbonyl (C=O) groups excluding carboxylic acids is 2. The maximum Gasteiger partial charge on any atom is 0.416 e. The predicted molar refractivity (Wildman–Crippen MR) is 109 cm³/mol. The van der Waals surface area contributed by atoms with Crippen LogP contribution in [0.25, 0.3) is 0 Å². The summed E-state index contributed by atoms with van der Waals surface area (Å²) in [6.45, 7) is 4.36. The van der Waals surface area contributed by atoms with Crippen molar-refractivity contribution in [2.24, 2.45) is 0 Å². The van der Waals surface area contributed by atoms with Crippen LogP contribution in [-0.4, -0.2) is 54.3 Å². The summed E-state index contributed by atoms with van der Waals surface area (Å²) in [5, 5.41) is 10.5. The van der Waals surface area contributed by atoms with Gasteiger partial charge in [0, 0.05) is 6.54 Å². The van der Waals surface area contributed by atoms with Crippen molar-refractivity contribution in [1.82, 2.24) is 10.2 Å². The Bertz CT molecular complexity index is 1100. The fourth-order valence-corrected chi connectivity index (χ4v) is 5.28. The maximum atomic E-state index is 13.2. The van der Waals surface area contributed by atoms with Gasteiger partial charge in [-0.05, 0) is 58.2 Å². The van der Waals surface area contributed by atoms with Gasteiger partial charge in [0.15, 0.2) is 9.84 Å². The minimum atomic E-state index is -4.73. The van der Waals surface area contributed by atoms with E-state index < -0.39 is 67.4 Å². The number of halogens is 3. The summed E-state index contributed by atoms with van der Waals surface area (Å²) in [4.78, 5) is 26.0. The monoisotopic (exact) mass is 487 g/mol. The van der Waals surface area contributed by atoms with Crippen LogP contribution in [0.15, 0.2) is 29.2 Å². The van der Waals surface area contributed by atoms with Crippen molar-refractivity contribution >= 4 is 21.8 Å². The highest BCUT2D eigenvalue weighted by Gasteiger charge is 2.51. The maximum absolute atomic E-state index is 13.2. The smallest absolute Gasteiger partial charge is 0.416 e. The first kappa shape index (κ1) is 24.8. The molecule has 2 unspecified atom stereocenters. The number of nitrogens with zero attached hydrogens (tertiary/aromatic N) is 2. The Morgan fingerprint density at radius 2 is 1.88 bits per heavy atom. The molecule has 1 aromatic rings. The quantitative estimate of drug-likeness (QED) is 0.698. The first-order valence-electron chi connectivity index (χ1n) is 10.2. The van der Waals surface area contributed by atoms with Gasteiger partial charge >= 0.3 is 12.3 Å². The van der Waals surface area contributed by atoms with E-state index in [2.05, 4.69) is 5.32 Å². The average molecular weight is 488 g/mol. The first-order valence-corrected chi connectivity index (χ1v) is 11.8. The van der Waals surface area contributed by atoms with E-state index in [1.165, 1.54) is 0 Å². The summed E-state index contributed by atoms with van der Waals surface area (Å²) in [6, 6.07) is 4.06. The van der Waals surface area contributed by atoms with Gasteiger partial charge in [0.2, 0.25) is 5.91 Å². The van der Waals surface area contributed by atoms with Crippen LogP contribution in [0.5, 0.6) is 0 Å². The van der Waals surface area contributed by atoms with Gasteiger partial charge in [-0.1, -0.05) is 6.07 Å². The molecule has 2 amide bonds. The van der Waals surface area contributed by atoms with Crippen molar-refractivity contribution in [3.63, 3.8) is 0 Å². The summed E-state index contributed by atoms with van der Waals surface area (Å²) in [7, 11) is -4.33. The number of likely N-dealkylation sites (tertiary alicyclic amines) is 1. The van der Waals surface area contributed by atoms with E-state index in [9.17, 15) is 36.4 Å². The highest BCUT2D eigenvalue weighted by Crippen LogP contribution is 2.37. The third kappa shape index (κ3) is 5.40. The highest BCUT2D eigenvalue weighted by molar-refractivity contribution is 7.92. The number of nitrogens with one attached hydrogen (secondary N) is 1. The zero-order chi connectivity index (χ0) is 24.8. The lowest BCUT2D eigenvalue weighted by atomic mass is 10.2. The Morgan fingerprint density at radius 1 is 1.24 bits per heavy atom. The SMILES string of the molecule is CC(C)(C)OC(=O)N1CC(S(=O)(=O)c2cccc(C(F)(F)F)c2)CC1C(=O)NC1(C#N)CC1. The fourth-order valence-electron chi connectivity index (χ4n) is 3.54. The van der Waals surface area contributed by atoms with E-state index in [4.69, 9.17) is 4.74 Å². The molecule has 1 N–H and O–H groups in total. The summed E-state index contributed by atoms with van der Waals surface area (Å²) in [5.41, 5.74) is -3.10. The summed E-state index contributed by atoms with van der Waals surface area (Å²) < 4.78 is 70.9. The van der Waals surface area contributed by atoms with Gasteiger partial charge in [-0.3, -0.25) is 9.69 Å². The minimum Gasteiger partial charge on any atom is -0.444 e.